The highest BCUT2D eigenvalue weighted by molar-refractivity contribution is 6.33. The smallest absolute Gasteiger partial charge is 0.165 e. The number of benzene rings is 1. The lowest BCUT2D eigenvalue weighted by Gasteiger charge is -2.07. The van der Waals surface area contributed by atoms with Gasteiger partial charge in [-0.15, -0.1) is 0 Å². The zero-order chi connectivity index (χ0) is 11.9. The van der Waals surface area contributed by atoms with Gasteiger partial charge in [-0.2, -0.15) is 5.10 Å². The molecule has 0 aliphatic carbocycles. The van der Waals surface area contributed by atoms with E-state index in [9.17, 15) is 9.50 Å². The molecule has 0 saturated heterocycles. The van der Waals surface area contributed by atoms with Gasteiger partial charge in [0.15, 0.2) is 11.6 Å². The number of phenolic OH excluding ortho intramolecular Hbond substituents is 1. The third-order valence-corrected chi connectivity index (χ3v) is 2.65. The third-order valence-electron chi connectivity index (χ3n) is 2.33. The quantitative estimate of drug-likeness (QED) is 0.804. The van der Waals surface area contributed by atoms with E-state index in [1.54, 1.807) is 7.05 Å². The van der Waals surface area contributed by atoms with Crippen LogP contribution in [0, 0.1) is 5.82 Å². The molecule has 4 nitrogen and oxygen atoms in total. The van der Waals surface area contributed by atoms with Crippen molar-refractivity contribution in [2.45, 2.75) is 0 Å². The van der Waals surface area contributed by atoms with E-state index in [0.717, 1.165) is 6.07 Å². The summed E-state index contributed by atoms with van der Waals surface area (Å²) < 4.78 is 14.6. The number of nitrogens with two attached hydrogens (primary N) is 1. The Morgan fingerprint density at radius 2 is 2.19 bits per heavy atom. The molecule has 0 amide bonds. The minimum absolute atomic E-state index is 0.160. The van der Waals surface area contributed by atoms with Gasteiger partial charge < -0.3 is 10.8 Å². The summed E-state index contributed by atoms with van der Waals surface area (Å²) in [4.78, 5) is 0. The van der Waals surface area contributed by atoms with Gasteiger partial charge in [0.2, 0.25) is 0 Å². The summed E-state index contributed by atoms with van der Waals surface area (Å²) in [7, 11) is 1.64. The number of nitrogen functional groups attached to an aromatic ring is 1. The molecule has 0 bridgehead atoms. The van der Waals surface area contributed by atoms with Crippen LogP contribution < -0.4 is 5.73 Å². The second-order valence-corrected chi connectivity index (χ2v) is 3.73. The van der Waals surface area contributed by atoms with Gasteiger partial charge >= 0.3 is 0 Å². The molecule has 16 heavy (non-hydrogen) atoms. The molecule has 0 saturated carbocycles. The largest absolute Gasteiger partial charge is 0.504 e. The predicted octanol–water partition coefficient (Wildman–Crippen LogP) is 2.17. The van der Waals surface area contributed by atoms with Crippen LogP contribution in [0.25, 0.3) is 11.1 Å². The topological polar surface area (TPSA) is 64.1 Å². The minimum atomic E-state index is -0.748. The Balaban J connectivity index is 2.73. The van der Waals surface area contributed by atoms with Gasteiger partial charge in [-0.1, -0.05) is 11.6 Å². The number of aromatic hydroxyl groups is 1. The van der Waals surface area contributed by atoms with Crippen molar-refractivity contribution < 1.29 is 9.50 Å². The molecule has 0 atom stereocenters. The number of hydrogen-bond acceptors (Lipinski definition) is 3. The fourth-order valence-corrected chi connectivity index (χ4v) is 1.69. The van der Waals surface area contributed by atoms with Crippen LogP contribution in [-0.2, 0) is 7.05 Å². The van der Waals surface area contributed by atoms with Crippen LogP contribution in [0.3, 0.4) is 0 Å². The fraction of sp³-hybridized carbons (Fsp3) is 0.100. The molecule has 0 unspecified atom stereocenters. The summed E-state index contributed by atoms with van der Waals surface area (Å²) in [5, 5.41) is 13.7. The highest BCUT2D eigenvalue weighted by atomic mass is 35.5. The Kier molecular flexibility index (Phi) is 2.47. The summed E-state index contributed by atoms with van der Waals surface area (Å²) in [6, 6.07) is 2.45. The van der Waals surface area contributed by atoms with Crippen LogP contribution in [0.15, 0.2) is 18.3 Å². The van der Waals surface area contributed by atoms with E-state index in [4.69, 9.17) is 17.3 Å². The molecule has 6 heteroatoms. The van der Waals surface area contributed by atoms with Gasteiger partial charge in [-0.3, -0.25) is 4.68 Å². The van der Waals surface area contributed by atoms with Crippen LogP contribution in [0.4, 0.5) is 10.2 Å². The molecule has 1 aromatic heterocycles. The standard InChI is InChI=1S/C10H9ClFN3O/c1-15-10(13)5(4-14-15)8-6(11)2-3-7(12)9(8)16/h2-4,16H,13H2,1H3. The number of phenols is 1. The Hall–Kier alpha value is -1.75. The minimum Gasteiger partial charge on any atom is -0.504 e. The molecule has 0 radical (unpaired) electrons. The lowest BCUT2D eigenvalue weighted by Crippen LogP contribution is -1.98. The zero-order valence-corrected chi connectivity index (χ0v) is 9.16. The molecule has 0 aliphatic heterocycles. The van der Waals surface area contributed by atoms with Crippen molar-refractivity contribution in [1.29, 1.82) is 0 Å². The predicted molar refractivity (Wildman–Crippen MR) is 59.7 cm³/mol. The van der Waals surface area contributed by atoms with Crippen molar-refractivity contribution in [3.05, 3.63) is 29.2 Å². The molecule has 1 aromatic carbocycles. The van der Waals surface area contributed by atoms with Crippen LogP contribution in [0.2, 0.25) is 5.02 Å². The van der Waals surface area contributed by atoms with Gasteiger partial charge in [0, 0.05) is 12.6 Å². The van der Waals surface area contributed by atoms with Crippen molar-refractivity contribution in [3.63, 3.8) is 0 Å². The van der Waals surface area contributed by atoms with Crippen molar-refractivity contribution in [1.82, 2.24) is 9.78 Å². The molecule has 0 aliphatic rings. The number of hydrogen-bond donors (Lipinski definition) is 2. The van der Waals surface area contributed by atoms with Crippen molar-refractivity contribution >= 4 is 17.4 Å². The first kappa shape index (κ1) is 10.8. The summed E-state index contributed by atoms with van der Waals surface area (Å²) >= 11 is 5.90. The molecule has 84 valence electrons. The highest BCUT2D eigenvalue weighted by Gasteiger charge is 2.17. The maximum atomic E-state index is 13.2. The van der Waals surface area contributed by atoms with E-state index in [1.807, 2.05) is 0 Å². The lowest BCUT2D eigenvalue weighted by molar-refractivity contribution is 0.434. The van der Waals surface area contributed by atoms with E-state index >= 15 is 0 Å². The first-order valence-corrected chi connectivity index (χ1v) is 4.85. The van der Waals surface area contributed by atoms with E-state index in [0.29, 0.717) is 11.4 Å². The van der Waals surface area contributed by atoms with Crippen LogP contribution >= 0.6 is 11.6 Å². The second-order valence-electron chi connectivity index (χ2n) is 3.32. The number of aromatic nitrogens is 2. The monoisotopic (exact) mass is 241 g/mol. The van der Waals surface area contributed by atoms with Crippen LogP contribution in [-0.4, -0.2) is 14.9 Å². The van der Waals surface area contributed by atoms with E-state index in [2.05, 4.69) is 5.10 Å². The van der Waals surface area contributed by atoms with Gasteiger partial charge in [0.25, 0.3) is 0 Å². The van der Waals surface area contributed by atoms with E-state index in [-0.39, 0.29) is 10.6 Å². The third kappa shape index (κ3) is 1.49. The normalized spacial score (nSPS) is 10.7. The summed E-state index contributed by atoms with van der Waals surface area (Å²) in [6.07, 6.45) is 1.43. The molecule has 0 spiro atoms. The first-order valence-electron chi connectivity index (χ1n) is 4.47. The summed E-state index contributed by atoms with van der Waals surface area (Å²) in [5.41, 5.74) is 6.30. The SMILES string of the molecule is Cn1ncc(-c2c(Cl)ccc(F)c2O)c1N. The molecular formula is C10H9ClFN3O. The van der Waals surface area contributed by atoms with Crippen molar-refractivity contribution in [2.24, 2.45) is 7.05 Å². The highest BCUT2D eigenvalue weighted by Crippen LogP contribution is 2.39. The average Bonchev–Trinajstić information content (AvgIpc) is 2.56. The molecule has 0 fully saturated rings. The average molecular weight is 242 g/mol. The second kappa shape index (κ2) is 3.68. The fourth-order valence-electron chi connectivity index (χ4n) is 1.44. The van der Waals surface area contributed by atoms with E-state index in [1.165, 1.54) is 16.9 Å². The van der Waals surface area contributed by atoms with Crippen molar-refractivity contribution in [2.75, 3.05) is 5.73 Å². The van der Waals surface area contributed by atoms with Gasteiger partial charge in [-0.05, 0) is 12.1 Å². The number of rotatable bonds is 1. The van der Waals surface area contributed by atoms with Crippen LogP contribution in [0.5, 0.6) is 5.75 Å². The lowest BCUT2D eigenvalue weighted by atomic mass is 10.1. The Labute approximate surface area is 96.1 Å². The Morgan fingerprint density at radius 3 is 2.75 bits per heavy atom. The Bertz CT molecular complexity index is 553. The summed E-state index contributed by atoms with van der Waals surface area (Å²) in [5.74, 6) is -0.961. The van der Waals surface area contributed by atoms with Gasteiger partial charge in [0.05, 0.1) is 16.8 Å². The zero-order valence-electron chi connectivity index (χ0n) is 8.41. The molecule has 2 aromatic rings. The number of halogens is 2. The Morgan fingerprint density at radius 1 is 1.50 bits per heavy atom. The number of nitrogens with zero attached hydrogens (tertiary/aromatic N) is 2. The van der Waals surface area contributed by atoms with Gasteiger partial charge in [0.1, 0.15) is 5.82 Å². The van der Waals surface area contributed by atoms with Gasteiger partial charge in [-0.25, -0.2) is 4.39 Å². The molecular weight excluding hydrogens is 233 g/mol. The van der Waals surface area contributed by atoms with Crippen LogP contribution in [0.1, 0.15) is 0 Å². The molecule has 2 rings (SSSR count). The number of aryl methyl sites for hydroxylation is 1. The summed E-state index contributed by atoms with van der Waals surface area (Å²) in [6.45, 7) is 0. The maximum absolute atomic E-state index is 13.2. The number of anilines is 1. The molecule has 1 heterocycles. The first-order chi connectivity index (χ1) is 7.52. The van der Waals surface area contributed by atoms with Crippen molar-refractivity contribution in [3.8, 4) is 16.9 Å². The molecule has 3 N–H and O–H groups in total. The van der Waals surface area contributed by atoms with E-state index < -0.39 is 11.6 Å². The maximum Gasteiger partial charge on any atom is 0.165 e.